The normalized spacial score (nSPS) is 11.3. The van der Waals surface area contributed by atoms with E-state index in [0.29, 0.717) is 0 Å². The summed E-state index contributed by atoms with van der Waals surface area (Å²) in [6.45, 7) is 0. The van der Waals surface area contributed by atoms with E-state index in [-0.39, 0.29) is 0 Å². The molecule has 0 saturated carbocycles. The van der Waals surface area contributed by atoms with Crippen LogP contribution >= 0.6 is 39.8 Å². The average molecular weight is 871 g/mol. The molecule has 0 heterocycles. The third-order valence-corrected chi connectivity index (χ3v) is 16.3. The van der Waals surface area contributed by atoms with Crippen LogP contribution < -0.4 is 30.3 Å². The van der Waals surface area contributed by atoms with Crippen molar-refractivity contribution < 1.29 is 9.05 Å². The zero-order chi connectivity index (χ0) is 41.5. The molecule has 0 aliphatic rings. The van der Waals surface area contributed by atoms with Gasteiger partial charge in [-0.1, -0.05) is 230 Å². The van der Waals surface area contributed by atoms with Crippen molar-refractivity contribution >= 4 is 82.6 Å². The number of rotatable bonds is 13. The van der Waals surface area contributed by atoms with Gasteiger partial charge < -0.3 is 9.05 Å². The Morgan fingerprint density at radius 1 is 0.290 bits per heavy atom. The van der Waals surface area contributed by atoms with Gasteiger partial charge in [0.05, 0.1) is 9.79 Å². The highest BCUT2D eigenvalue weighted by Gasteiger charge is 2.30. The average Bonchev–Trinajstić information content (AvgIpc) is 3.34. The van der Waals surface area contributed by atoms with Gasteiger partial charge in [0.25, 0.3) is 0 Å². The zero-order valence-electron chi connectivity index (χ0n) is 33.6. The molecule has 0 saturated heterocycles. The SMILES string of the molecule is c1ccc(Sc2cc3ccccc3c(-c3c(OP(c4ccccc4)c4ccccc4)c(Sc4ccccc4)cc4ccccc34)c2OP(c2ccccc2)c2ccccc2)cc1. The Morgan fingerprint density at radius 2 is 0.565 bits per heavy atom. The summed E-state index contributed by atoms with van der Waals surface area (Å²) < 4.78 is 15.6. The summed E-state index contributed by atoms with van der Waals surface area (Å²) in [5.41, 5.74) is 2.03. The van der Waals surface area contributed by atoms with Crippen LogP contribution in [-0.4, -0.2) is 0 Å². The van der Waals surface area contributed by atoms with E-state index >= 15 is 0 Å². The molecule has 6 heteroatoms. The molecule has 0 fully saturated rings. The van der Waals surface area contributed by atoms with Gasteiger partial charge in [-0.15, -0.1) is 0 Å². The lowest BCUT2D eigenvalue weighted by Gasteiger charge is -2.28. The van der Waals surface area contributed by atoms with Gasteiger partial charge in [-0.05, 0) is 57.9 Å². The quantitative estimate of drug-likeness (QED) is 0.107. The van der Waals surface area contributed by atoms with E-state index in [9.17, 15) is 0 Å². The standard InChI is InChI=1S/C56H40O2P2S2/c1-7-25-43(26-8-1)59(44-27-9-2-10-28-44)57-55-51(61-47-33-15-5-16-34-47)39-41-23-19-21-37-49(41)53(55)54-50-38-22-20-24-42(50)40-52(62-48-35-17-6-18-36-48)56(54)58-60(45-29-11-3-12-30-45)46-31-13-4-14-32-46/h1-40H. The van der Waals surface area contributed by atoms with Crippen LogP contribution in [0.3, 0.4) is 0 Å². The van der Waals surface area contributed by atoms with Crippen molar-refractivity contribution in [3.05, 3.63) is 243 Å². The predicted molar refractivity (Wildman–Crippen MR) is 267 cm³/mol. The van der Waals surface area contributed by atoms with Crippen molar-refractivity contribution in [3.63, 3.8) is 0 Å². The number of hydrogen-bond donors (Lipinski definition) is 0. The Bertz CT molecular complexity index is 2780. The van der Waals surface area contributed by atoms with Gasteiger partial charge in [0.1, 0.15) is 11.5 Å². The van der Waals surface area contributed by atoms with Crippen LogP contribution in [0.4, 0.5) is 0 Å². The van der Waals surface area contributed by atoms with Crippen LogP contribution in [0.25, 0.3) is 32.7 Å². The smallest absolute Gasteiger partial charge is 0.150 e. The fourth-order valence-corrected chi connectivity index (χ4v) is 13.2. The summed E-state index contributed by atoms with van der Waals surface area (Å²) in [5.74, 6) is 1.66. The first kappa shape index (κ1) is 40.0. The van der Waals surface area contributed by atoms with E-state index in [1.165, 1.54) is 0 Å². The summed E-state index contributed by atoms with van der Waals surface area (Å²) in [4.78, 5) is 4.34. The molecule has 10 rings (SSSR count). The molecule has 0 N–H and O–H groups in total. The molecule has 0 unspecified atom stereocenters. The Hall–Kier alpha value is -6.12. The molecule has 0 spiro atoms. The van der Waals surface area contributed by atoms with Crippen LogP contribution in [0.1, 0.15) is 0 Å². The van der Waals surface area contributed by atoms with E-state index in [2.05, 4.69) is 243 Å². The maximum absolute atomic E-state index is 7.81. The van der Waals surface area contributed by atoms with Crippen molar-refractivity contribution in [2.75, 3.05) is 0 Å². The molecule has 10 aromatic carbocycles. The molecule has 0 bridgehead atoms. The maximum Gasteiger partial charge on any atom is 0.150 e. The molecule has 0 radical (unpaired) electrons. The second-order valence-corrected chi connectivity index (χ2v) is 20.4. The van der Waals surface area contributed by atoms with Gasteiger partial charge in [-0.3, -0.25) is 0 Å². The van der Waals surface area contributed by atoms with E-state index in [0.717, 1.165) is 85.0 Å². The Kier molecular flexibility index (Phi) is 12.2. The Balaban J connectivity index is 1.32. The van der Waals surface area contributed by atoms with E-state index in [1.807, 2.05) is 0 Å². The summed E-state index contributed by atoms with van der Waals surface area (Å²) in [6.07, 6.45) is 0. The molecule has 0 aromatic heterocycles. The number of benzene rings is 10. The van der Waals surface area contributed by atoms with Crippen LogP contribution in [0.2, 0.25) is 0 Å². The molecule has 298 valence electrons. The van der Waals surface area contributed by atoms with Crippen molar-refractivity contribution in [2.24, 2.45) is 0 Å². The maximum atomic E-state index is 7.81. The second kappa shape index (κ2) is 18.9. The Morgan fingerprint density at radius 3 is 0.887 bits per heavy atom. The van der Waals surface area contributed by atoms with E-state index in [1.54, 1.807) is 23.5 Å². The molecule has 0 aliphatic carbocycles. The van der Waals surface area contributed by atoms with Crippen LogP contribution in [0.5, 0.6) is 11.5 Å². The minimum atomic E-state index is -1.32. The van der Waals surface area contributed by atoms with Gasteiger partial charge in [-0.25, -0.2) is 0 Å². The second-order valence-electron chi connectivity index (χ2n) is 14.5. The fraction of sp³-hybridized carbons (Fsp3) is 0. The van der Waals surface area contributed by atoms with Crippen molar-refractivity contribution in [1.29, 1.82) is 0 Å². The molecular weight excluding hydrogens is 831 g/mol. The molecule has 2 nitrogen and oxygen atoms in total. The molecule has 0 atom stereocenters. The van der Waals surface area contributed by atoms with E-state index in [4.69, 9.17) is 9.05 Å². The van der Waals surface area contributed by atoms with Gasteiger partial charge in [0.2, 0.25) is 0 Å². The van der Waals surface area contributed by atoms with Crippen molar-refractivity contribution in [3.8, 4) is 22.6 Å². The van der Waals surface area contributed by atoms with Crippen LogP contribution in [0.15, 0.2) is 262 Å². The lowest BCUT2D eigenvalue weighted by molar-refractivity contribution is 0.607. The first-order chi connectivity index (χ1) is 30.8. The first-order valence-corrected chi connectivity index (χ1v) is 24.7. The fourth-order valence-electron chi connectivity index (χ4n) is 7.61. The summed E-state index contributed by atoms with van der Waals surface area (Å²) in [6, 6.07) is 86.0. The van der Waals surface area contributed by atoms with Gasteiger partial charge in [-0.2, -0.15) is 0 Å². The Labute approximate surface area is 374 Å². The van der Waals surface area contributed by atoms with Crippen molar-refractivity contribution in [1.82, 2.24) is 0 Å². The molecular formula is C56H40O2P2S2. The highest BCUT2D eigenvalue weighted by Crippen LogP contribution is 2.57. The van der Waals surface area contributed by atoms with Crippen LogP contribution in [-0.2, 0) is 0 Å². The molecule has 10 aromatic rings. The lowest BCUT2D eigenvalue weighted by Crippen LogP contribution is -2.17. The predicted octanol–water partition coefficient (Wildman–Crippen LogP) is 14.8. The summed E-state index contributed by atoms with van der Waals surface area (Å²) >= 11 is 3.48. The number of fused-ring (bicyclic) bond motifs is 2. The highest BCUT2D eigenvalue weighted by atomic mass is 32.2. The monoisotopic (exact) mass is 870 g/mol. The third kappa shape index (κ3) is 8.66. The minimum Gasteiger partial charge on any atom is -0.463 e. The minimum absolute atomic E-state index is 0.831. The molecule has 0 amide bonds. The first-order valence-electron chi connectivity index (χ1n) is 20.5. The van der Waals surface area contributed by atoms with Gasteiger partial charge >= 0.3 is 0 Å². The third-order valence-electron chi connectivity index (χ3n) is 10.5. The lowest BCUT2D eigenvalue weighted by atomic mass is 9.92. The van der Waals surface area contributed by atoms with Crippen molar-refractivity contribution in [2.45, 2.75) is 19.6 Å². The number of hydrogen-bond acceptors (Lipinski definition) is 4. The zero-order valence-corrected chi connectivity index (χ0v) is 37.0. The summed E-state index contributed by atoms with van der Waals surface area (Å²) in [5, 5.41) is 8.98. The highest BCUT2D eigenvalue weighted by molar-refractivity contribution is 7.99. The van der Waals surface area contributed by atoms with Crippen LogP contribution in [0, 0.1) is 0 Å². The van der Waals surface area contributed by atoms with Gasteiger partial charge in [0, 0.05) is 42.1 Å². The molecule has 62 heavy (non-hydrogen) atoms. The van der Waals surface area contributed by atoms with E-state index < -0.39 is 16.3 Å². The summed E-state index contributed by atoms with van der Waals surface area (Å²) in [7, 11) is -2.65. The topological polar surface area (TPSA) is 18.5 Å². The molecule has 0 aliphatic heterocycles. The van der Waals surface area contributed by atoms with Gasteiger partial charge in [0.15, 0.2) is 16.3 Å². The largest absolute Gasteiger partial charge is 0.463 e.